The summed E-state index contributed by atoms with van der Waals surface area (Å²) in [6.07, 6.45) is 0.589. The van der Waals surface area contributed by atoms with E-state index in [1.54, 1.807) is 4.90 Å². The quantitative estimate of drug-likeness (QED) is 0.834. The summed E-state index contributed by atoms with van der Waals surface area (Å²) in [5, 5.41) is 9.04. The van der Waals surface area contributed by atoms with Crippen LogP contribution in [0.2, 0.25) is 0 Å². The summed E-state index contributed by atoms with van der Waals surface area (Å²) in [6, 6.07) is 3.61. The Bertz CT molecular complexity index is 504. The van der Waals surface area contributed by atoms with E-state index in [0.717, 1.165) is 6.07 Å². The predicted octanol–water partition coefficient (Wildman–Crippen LogP) is 0.835. The second kappa shape index (κ2) is 4.64. The number of carbonyl (C=O) groups excluding carboxylic acids is 1. The normalized spacial score (nSPS) is 18.9. The van der Waals surface area contributed by atoms with Gasteiger partial charge >= 0.3 is 5.97 Å². The van der Waals surface area contributed by atoms with Gasteiger partial charge < -0.3 is 15.7 Å². The Morgan fingerprint density at radius 1 is 1.44 bits per heavy atom. The fraction of sp³-hybridized carbons (Fsp3) is 0.333. The standard InChI is InChI=1S/C12H13FN2O3/c13-8-1-2-10(9(5-8)12(17)18)15-4-3-7(6-15)11(14)16/h1-2,5,7H,3-4,6H2,(H2,14,16)(H,17,18). The van der Waals surface area contributed by atoms with Gasteiger partial charge in [0, 0.05) is 13.1 Å². The lowest BCUT2D eigenvalue weighted by atomic mass is 10.1. The first-order valence-corrected chi connectivity index (χ1v) is 5.56. The zero-order chi connectivity index (χ0) is 13.3. The second-order valence-electron chi connectivity index (χ2n) is 4.30. The van der Waals surface area contributed by atoms with E-state index in [4.69, 9.17) is 10.8 Å². The summed E-state index contributed by atoms with van der Waals surface area (Å²) in [5.41, 5.74) is 5.54. The van der Waals surface area contributed by atoms with Crippen molar-refractivity contribution in [1.82, 2.24) is 0 Å². The van der Waals surface area contributed by atoms with Crippen molar-refractivity contribution in [3.63, 3.8) is 0 Å². The lowest BCUT2D eigenvalue weighted by Crippen LogP contribution is -2.28. The highest BCUT2D eigenvalue weighted by atomic mass is 19.1. The number of anilines is 1. The lowest BCUT2D eigenvalue weighted by molar-refractivity contribution is -0.121. The zero-order valence-electron chi connectivity index (χ0n) is 9.60. The number of amides is 1. The first-order chi connectivity index (χ1) is 8.49. The molecule has 1 atom stereocenters. The Hall–Kier alpha value is -2.11. The summed E-state index contributed by atoms with van der Waals surface area (Å²) in [7, 11) is 0. The molecule has 0 bridgehead atoms. The van der Waals surface area contributed by atoms with E-state index in [2.05, 4.69) is 0 Å². The van der Waals surface area contributed by atoms with Gasteiger partial charge in [-0.25, -0.2) is 9.18 Å². The van der Waals surface area contributed by atoms with Gasteiger partial charge in [0.2, 0.25) is 5.91 Å². The molecule has 1 amide bonds. The van der Waals surface area contributed by atoms with Gasteiger partial charge in [0.05, 0.1) is 17.2 Å². The smallest absolute Gasteiger partial charge is 0.337 e. The summed E-state index contributed by atoms with van der Waals surface area (Å²) in [4.78, 5) is 23.9. The number of rotatable bonds is 3. The van der Waals surface area contributed by atoms with Gasteiger partial charge in [-0.2, -0.15) is 0 Å². The van der Waals surface area contributed by atoms with E-state index < -0.39 is 17.7 Å². The van der Waals surface area contributed by atoms with E-state index in [9.17, 15) is 14.0 Å². The number of nitrogens with two attached hydrogens (primary N) is 1. The highest BCUT2D eigenvalue weighted by Gasteiger charge is 2.29. The Morgan fingerprint density at radius 3 is 2.72 bits per heavy atom. The van der Waals surface area contributed by atoms with Crippen molar-refractivity contribution in [2.24, 2.45) is 11.7 Å². The topological polar surface area (TPSA) is 83.6 Å². The average Bonchev–Trinajstić information content (AvgIpc) is 2.78. The van der Waals surface area contributed by atoms with Gasteiger partial charge in [-0.15, -0.1) is 0 Å². The van der Waals surface area contributed by atoms with Crippen LogP contribution in [0.25, 0.3) is 0 Å². The Morgan fingerprint density at radius 2 is 2.17 bits per heavy atom. The summed E-state index contributed by atoms with van der Waals surface area (Å²) in [6.45, 7) is 0.917. The molecule has 0 aromatic heterocycles. The molecule has 1 aliphatic heterocycles. The summed E-state index contributed by atoms with van der Waals surface area (Å²) >= 11 is 0. The fourth-order valence-electron chi connectivity index (χ4n) is 2.17. The molecule has 1 aliphatic rings. The molecule has 0 saturated carbocycles. The van der Waals surface area contributed by atoms with E-state index >= 15 is 0 Å². The first kappa shape index (κ1) is 12.3. The molecule has 1 saturated heterocycles. The molecule has 5 nitrogen and oxygen atoms in total. The molecule has 1 aromatic carbocycles. The summed E-state index contributed by atoms with van der Waals surface area (Å²) in [5.74, 6) is -2.46. The highest BCUT2D eigenvalue weighted by Crippen LogP contribution is 2.27. The van der Waals surface area contributed by atoms with Gasteiger partial charge in [-0.05, 0) is 24.6 Å². The van der Waals surface area contributed by atoms with Crippen LogP contribution in [0.1, 0.15) is 16.8 Å². The van der Waals surface area contributed by atoms with Gasteiger partial charge in [0.15, 0.2) is 0 Å². The van der Waals surface area contributed by atoms with Crippen LogP contribution in [0.4, 0.5) is 10.1 Å². The molecule has 1 heterocycles. The van der Waals surface area contributed by atoms with Crippen LogP contribution in [0.5, 0.6) is 0 Å². The van der Waals surface area contributed by atoms with Crippen molar-refractivity contribution < 1.29 is 19.1 Å². The third-order valence-electron chi connectivity index (χ3n) is 3.12. The molecule has 1 aromatic rings. The molecule has 0 spiro atoms. The van der Waals surface area contributed by atoms with E-state index in [0.29, 0.717) is 25.2 Å². The molecule has 0 aliphatic carbocycles. The van der Waals surface area contributed by atoms with Crippen LogP contribution in [0.15, 0.2) is 18.2 Å². The highest BCUT2D eigenvalue weighted by molar-refractivity contribution is 5.94. The van der Waals surface area contributed by atoms with E-state index in [1.165, 1.54) is 12.1 Å². The minimum atomic E-state index is -1.19. The maximum atomic E-state index is 13.0. The molecule has 1 fully saturated rings. The number of nitrogens with zero attached hydrogens (tertiary/aromatic N) is 1. The molecule has 18 heavy (non-hydrogen) atoms. The monoisotopic (exact) mass is 252 g/mol. The maximum Gasteiger partial charge on any atom is 0.337 e. The number of carboxylic acid groups (broad SMARTS) is 1. The fourth-order valence-corrected chi connectivity index (χ4v) is 2.17. The molecule has 6 heteroatoms. The van der Waals surface area contributed by atoms with Gasteiger partial charge in [0.1, 0.15) is 5.82 Å². The summed E-state index contributed by atoms with van der Waals surface area (Å²) < 4.78 is 13.0. The third-order valence-corrected chi connectivity index (χ3v) is 3.12. The molecule has 96 valence electrons. The minimum absolute atomic E-state index is 0.0971. The van der Waals surface area contributed by atoms with Crippen molar-refractivity contribution in [3.05, 3.63) is 29.6 Å². The largest absolute Gasteiger partial charge is 0.478 e. The van der Waals surface area contributed by atoms with Crippen molar-refractivity contribution in [2.45, 2.75) is 6.42 Å². The second-order valence-corrected chi connectivity index (χ2v) is 4.30. The van der Waals surface area contributed by atoms with Crippen LogP contribution < -0.4 is 10.6 Å². The van der Waals surface area contributed by atoms with Gasteiger partial charge in [-0.3, -0.25) is 4.79 Å². The molecular weight excluding hydrogens is 239 g/mol. The Balaban J connectivity index is 2.29. The van der Waals surface area contributed by atoms with Crippen molar-refractivity contribution >= 4 is 17.6 Å². The van der Waals surface area contributed by atoms with Crippen LogP contribution in [0.3, 0.4) is 0 Å². The van der Waals surface area contributed by atoms with Gasteiger partial charge in [0.25, 0.3) is 0 Å². The molecule has 2 rings (SSSR count). The van der Waals surface area contributed by atoms with Crippen molar-refractivity contribution in [1.29, 1.82) is 0 Å². The molecular formula is C12H13FN2O3. The number of hydrogen-bond acceptors (Lipinski definition) is 3. The van der Waals surface area contributed by atoms with Crippen molar-refractivity contribution in [2.75, 3.05) is 18.0 Å². The number of benzene rings is 1. The van der Waals surface area contributed by atoms with Crippen LogP contribution in [0, 0.1) is 11.7 Å². The number of aromatic carboxylic acids is 1. The van der Waals surface area contributed by atoms with Crippen LogP contribution >= 0.6 is 0 Å². The van der Waals surface area contributed by atoms with Crippen molar-refractivity contribution in [3.8, 4) is 0 Å². The average molecular weight is 252 g/mol. The SMILES string of the molecule is NC(=O)C1CCN(c2ccc(F)cc2C(=O)O)C1. The zero-order valence-corrected chi connectivity index (χ0v) is 9.60. The Labute approximate surface area is 103 Å². The first-order valence-electron chi connectivity index (χ1n) is 5.56. The minimum Gasteiger partial charge on any atom is -0.478 e. The number of halogens is 1. The number of hydrogen-bond donors (Lipinski definition) is 2. The van der Waals surface area contributed by atoms with Gasteiger partial charge in [-0.1, -0.05) is 0 Å². The molecule has 1 unspecified atom stereocenters. The van der Waals surface area contributed by atoms with E-state index in [1.807, 2.05) is 0 Å². The lowest BCUT2D eigenvalue weighted by Gasteiger charge is -2.20. The maximum absolute atomic E-state index is 13.0. The Kier molecular flexibility index (Phi) is 3.18. The number of carboxylic acids is 1. The molecule has 3 N–H and O–H groups in total. The molecule has 0 radical (unpaired) electrons. The number of carbonyl (C=O) groups is 2. The predicted molar refractivity (Wildman–Crippen MR) is 62.9 cm³/mol. The van der Waals surface area contributed by atoms with Crippen LogP contribution in [-0.4, -0.2) is 30.1 Å². The third kappa shape index (κ3) is 2.27. The van der Waals surface area contributed by atoms with E-state index in [-0.39, 0.29) is 11.5 Å². The number of primary amides is 1. The van der Waals surface area contributed by atoms with Crippen LogP contribution in [-0.2, 0) is 4.79 Å².